The highest BCUT2D eigenvalue weighted by Gasteiger charge is 2.40. The molecule has 0 saturated carbocycles. The third kappa shape index (κ3) is 5.96. The molecule has 2 aromatic carbocycles. The molecule has 2 atom stereocenters. The number of rotatable bonds is 8. The van der Waals surface area contributed by atoms with Crippen molar-refractivity contribution in [1.82, 2.24) is 10.2 Å². The summed E-state index contributed by atoms with van der Waals surface area (Å²) >= 11 is 5.88. The van der Waals surface area contributed by atoms with E-state index in [1.807, 2.05) is 0 Å². The quantitative estimate of drug-likeness (QED) is 0.395. The van der Waals surface area contributed by atoms with Gasteiger partial charge in [-0.25, -0.2) is 0 Å². The van der Waals surface area contributed by atoms with Crippen LogP contribution in [0.3, 0.4) is 0 Å². The summed E-state index contributed by atoms with van der Waals surface area (Å²) in [7, 11) is 1.59. The number of amidine groups is 1. The Morgan fingerprint density at radius 3 is 2.58 bits per heavy atom. The summed E-state index contributed by atoms with van der Waals surface area (Å²) in [5.41, 5.74) is 7.34. The molecule has 0 bridgehead atoms. The van der Waals surface area contributed by atoms with Crippen LogP contribution >= 0.6 is 11.6 Å². The summed E-state index contributed by atoms with van der Waals surface area (Å²) in [5, 5.41) is 13.2. The summed E-state index contributed by atoms with van der Waals surface area (Å²) in [4.78, 5) is 30.4. The first-order valence-electron chi connectivity index (χ1n) is 10.0. The monoisotopic (exact) mass is 480 g/mol. The molecule has 0 radical (unpaired) electrons. The average Bonchev–Trinajstić information content (AvgIpc) is 2.75. The number of likely N-dealkylation sites (tertiary alicyclic amines) is 1. The van der Waals surface area contributed by atoms with Gasteiger partial charge in [0, 0.05) is 30.7 Å². The predicted octanol–water partition coefficient (Wildman–Crippen LogP) is 2.23. The van der Waals surface area contributed by atoms with Crippen molar-refractivity contribution >= 4 is 29.3 Å². The second-order valence-corrected chi connectivity index (χ2v) is 7.80. The van der Waals surface area contributed by atoms with Crippen molar-refractivity contribution in [2.75, 3.05) is 13.6 Å². The van der Waals surface area contributed by atoms with Gasteiger partial charge in [0.25, 0.3) is 5.91 Å². The number of nitrogens with zero attached hydrogens (tertiary/aromatic N) is 2. The van der Waals surface area contributed by atoms with E-state index in [9.17, 15) is 23.5 Å². The van der Waals surface area contributed by atoms with Crippen LogP contribution in [0.25, 0.3) is 0 Å². The van der Waals surface area contributed by atoms with Crippen LogP contribution in [-0.2, 0) is 16.1 Å². The maximum absolute atomic E-state index is 12.7. The molecule has 2 amide bonds. The van der Waals surface area contributed by atoms with Crippen molar-refractivity contribution in [3.8, 4) is 5.75 Å². The Hall–Kier alpha value is -3.24. The Morgan fingerprint density at radius 2 is 2.00 bits per heavy atom. The number of carbonyl (C=O) groups excluding carboxylic acids is 2. The lowest BCUT2D eigenvalue weighted by atomic mass is 9.98. The maximum Gasteiger partial charge on any atom is 0.387 e. The molecule has 1 fully saturated rings. The van der Waals surface area contributed by atoms with Crippen LogP contribution in [0.1, 0.15) is 29.2 Å². The Labute approximate surface area is 194 Å². The van der Waals surface area contributed by atoms with Crippen LogP contribution in [0, 0.1) is 0 Å². The molecule has 0 aliphatic carbocycles. The molecule has 33 heavy (non-hydrogen) atoms. The van der Waals surface area contributed by atoms with E-state index in [4.69, 9.17) is 17.3 Å². The van der Waals surface area contributed by atoms with Gasteiger partial charge >= 0.3 is 6.61 Å². The summed E-state index contributed by atoms with van der Waals surface area (Å²) in [5.74, 6) is -0.978. The van der Waals surface area contributed by atoms with E-state index in [2.05, 4.69) is 15.0 Å². The van der Waals surface area contributed by atoms with Gasteiger partial charge in [0.1, 0.15) is 17.6 Å². The average molecular weight is 481 g/mol. The summed E-state index contributed by atoms with van der Waals surface area (Å²) in [6.45, 7) is -2.56. The lowest BCUT2D eigenvalue weighted by Gasteiger charge is -2.40. The zero-order valence-electron chi connectivity index (χ0n) is 17.7. The molecule has 2 aromatic rings. The van der Waals surface area contributed by atoms with E-state index in [1.165, 1.54) is 11.0 Å². The minimum atomic E-state index is -3.08. The lowest BCUT2D eigenvalue weighted by Crippen LogP contribution is -2.59. The summed E-state index contributed by atoms with van der Waals surface area (Å²) in [6.07, 6.45) is -1.25. The first-order chi connectivity index (χ1) is 15.7. The van der Waals surface area contributed by atoms with E-state index in [-0.39, 0.29) is 35.3 Å². The smallest absolute Gasteiger partial charge is 0.387 e. The van der Waals surface area contributed by atoms with Crippen molar-refractivity contribution < 1.29 is 28.2 Å². The molecular weight excluding hydrogens is 458 g/mol. The number of benzene rings is 2. The van der Waals surface area contributed by atoms with Crippen molar-refractivity contribution in [1.29, 1.82) is 0 Å². The molecule has 1 heterocycles. The number of aliphatic hydroxyl groups excluding tert-OH is 1. The lowest BCUT2D eigenvalue weighted by molar-refractivity contribution is -0.154. The highest BCUT2D eigenvalue weighted by Crippen LogP contribution is 2.29. The normalized spacial score (nSPS) is 16.8. The molecule has 176 valence electrons. The first-order valence-corrected chi connectivity index (χ1v) is 10.4. The van der Waals surface area contributed by atoms with Crippen LogP contribution < -0.4 is 15.8 Å². The second-order valence-electron chi connectivity index (χ2n) is 7.36. The van der Waals surface area contributed by atoms with Gasteiger partial charge in [-0.05, 0) is 35.7 Å². The van der Waals surface area contributed by atoms with E-state index >= 15 is 0 Å². The molecule has 1 aliphatic rings. The highest BCUT2D eigenvalue weighted by molar-refractivity contribution is 6.30. The Balaban J connectivity index is 1.60. The van der Waals surface area contributed by atoms with Crippen LogP contribution in [0.4, 0.5) is 8.78 Å². The molecule has 4 N–H and O–H groups in total. The Morgan fingerprint density at radius 1 is 1.30 bits per heavy atom. The molecule has 0 unspecified atom stereocenters. The highest BCUT2D eigenvalue weighted by atomic mass is 35.5. The minimum Gasteiger partial charge on any atom is -0.435 e. The Bertz CT molecular complexity index is 1050. The van der Waals surface area contributed by atoms with Gasteiger partial charge in [-0.3, -0.25) is 14.6 Å². The number of ether oxygens (including phenoxy) is 1. The van der Waals surface area contributed by atoms with Crippen molar-refractivity contribution in [2.24, 2.45) is 10.7 Å². The zero-order chi connectivity index (χ0) is 24.1. The van der Waals surface area contributed by atoms with Gasteiger partial charge < -0.3 is 25.8 Å². The van der Waals surface area contributed by atoms with E-state index in [1.54, 1.807) is 31.3 Å². The van der Waals surface area contributed by atoms with Crippen LogP contribution in [0.5, 0.6) is 5.75 Å². The van der Waals surface area contributed by atoms with Gasteiger partial charge in [-0.15, -0.1) is 0 Å². The largest absolute Gasteiger partial charge is 0.435 e. The number of nitrogens with two attached hydrogens (primary N) is 1. The van der Waals surface area contributed by atoms with Crippen LogP contribution in [-0.4, -0.2) is 53.9 Å². The number of alkyl halides is 2. The predicted molar refractivity (Wildman–Crippen MR) is 118 cm³/mol. The third-order valence-corrected chi connectivity index (χ3v) is 5.45. The van der Waals surface area contributed by atoms with E-state index in [0.29, 0.717) is 12.3 Å². The fourth-order valence-corrected chi connectivity index (χ4v) is 3.60. The third-order valence-electron chi connectivity index (χ3n) is 5.23. The molecule has 11 heteroatoms. The maximum atomic E-state index is 12.7. The standard InChI is InChI=1S/C22H23ClF2N4O4/c1-27-19(26)13-4-2-12(3-5-13)11-28-20(31)17-6-7-29(17)21(32)18(30)14-8-15(23)10-16(9-14)33-22(24)25/h2-5,8-10,17-18,22,30H,6-7,11H2,1H3,(H2,26,27)(H,28,31)/t17-,18+/m0/s1. The van der Waals surface area contributed by atoms with Crippen LogP contribution in [0.2, 0.25) is 5.02 Å². The summed E-state index contributed by atoms with van der Waals surface area (Å²) in [6, 6.07) is 9.96. The first kappa shape index (κ1) is 24.4. The molecule has 0 spiro atoms. The van der Waals surface area contributed by atoms with E-state index in [0.717, 1.165) is 23.3 Å². The van der Waals surface area contributed by atoms with Crippen molar-refractivity contribution in [2.45, 2.75) is 31.7 Å². The summed E-state index contributed by atoms with van der Waals surface area (Å²) < 4.78 is 29.3. The van der Waals surface area contributed by atoms with Crippen molar-refractivity contribution in [3.05, 3.63) is 64.2 Å². The molecule has 8 nitrogen and oxygen atoms in total. The van der Waals surface area contributed by atoms with E-state index < -0.39 is 24.7 Å². The number of hydrogen-bond donors (Lipinski definition) is 3. The van der Waals surface area contributed by atoms with Gasteiger partial charge in [0.05, 0.1) is 0 Å². The number of amides is 2. The van der Waals surface area contributed by atoms with Crippen molar-refractivity contribution in [3.63, 3.8) is 0 Å². The number of halogens is 3. The molecular formula is C22H23ClF2N4O4. The molecule has 0 aromatic heterocycles. The minimum absolute atomic E-state index is 0.0100. The number of hydrogen-bond acceptors (Lipinski definition) is 5. The topological polar surface area (TPSA) is 117 Å². The SMILES string of the molecule is CN=C(N)c1ccc(CNC(=O)[C@@H]2CCN2C(=O)[C@H](O)c2cc(Cl)cc(OC(F)F)c2)cc1. The zero-order valence-corrected chi connectivity index (χ0v) is 18.4. The Kier molecular flexibility index (Phi) is 7.83. The fourth-order valence-electron chi connectivity index (χ4n) is 3.37. The fraction of sp³-hybridized carbons (Fsp3) is 0.318. The number of aliphatic hydroxyl groups is 1. The van der Waals surface area contributed by atoms with Gasteiger partial charge in [-0.1, -0.05) is 35.9 Å². The number of nitrogens with one attached hydrogen (secondary N) is 1. The van der Waals surface area contributed by atoms with Gasteiger partial charge in [0.2, 0.25) is 5.91 Å². The molecule has 1 aliphatic heterocycles. The molecule has 3 rings (SSSR count). The number of aliphatic imine (C=N–C) groups is 1. The second kappa shape index (κ2) is 10.6. The number of carbonyl (C=O) groups is 2. The van der Waals surface area contributed by atoms with Crippen LogP contribution in [0.15, 0.2) is 47.5 Å². The van der Waals surface area contributed by atoms with Gasteiger partial charge in [-0.2, -0.15) is 8.78 Å². The molecule has 1 saturated heterocycles. The van der Waals surface area contributed by atoms with Gasteiger partial charge in [0.15, 0.2) is 6.10 Å².